The van der Waals surface area contributed by atoms with Crippen molar-refractivity contribution in [2.45, 2.75) is 19.4 Å². The monoisotopic (exact) mass is 222 g/mol. The molecule has 88 valence electrons. The number of ether oxygens (including phenoxy) is 1. The number of anilines is 1. The van der Waals surface area contributed by atoms with E-state index in [1.807, 2.05) is 31.2 Å². The fourth-order valence-electron chi connectivity index (χ4n) is 1.45. The molecule has 2 N–H and O–H groups in total. The van der Waals surface area contributed by atoms with Crippen LogP contribution in [0.1, 0.15) is 13.3 Å². The topological polar surface area (TPSA) is 55.6 Å². The Bertz CT molecular complexity index is 366. The summed E-state index contributed by atoms with van der Waals surface area (Å²) in [5.41, 5.74) is 6.45. The molecule has 0 fully saturated rings. The van der Waals surface area contributed by atoms with Crippen LogP contribution in [0.25, 0.3) is 0 Å². The molecule has 1 amide bonds. The number of hydrogen-bond acceptors (Lipinski definition) is 3. The number of rotatable bonds is 4. The summed E-state index contributed by atoms with van der Waals surface area (Å²) in [5.74, 6) is 0.564. The first-order chi connectivity index (χ1) is 7.61. The van der Waals surface area contributed by atoms with Crippen LogP contribution in [0.2, 0.25) is 0 Å². The highest BCUT2D eigenvalue weighted by Crippen LogP contribution is 2.26. The van der Waals surface area contributed by atoms with Gasteiger partial charge in [0.1, 0.15) is 5.75 Å². The Morgan fingerprint density at radius 2 is 2.12 bits per heavy atom. The van der Waals surface area contributed by atoms with Gasteiger partial charge in [-0.15, -0.1) is 0 Å². The minimum absolute atomic E-state index is 0.105. The zero-order valence-electron chi connectivity index (χ0n) is 9.93. The molecule has 0 aromatic heterocycles. The van der Waals surface area contributed by atoms with Crippen molar-refractivity contribution in [2.24, 2.45) is 5.73 Å². The summed E-state index contributed by atoms with van der Waals surface area (Å²) < 4.78 is 5.20. The van der Waals surface area contributed by atoms with Crippen LogP contribution in [-0.4, -0.2) is 26.1 Å². The Morgan fingerprint density at radius 3 is 2.69 bits per heavy atom. The molecule has 16 heavy (non-hydrogen) atoms. The van der Waals surface area contributed by atoms with Crippen molar-refractivity contribution < 1.29 is 9.53 Å². The average Bonchev–Trinajstić information content (AvgIpc) is 2.35. The standard InChI is InChI=1S/C12H18N2O2/c1-4-9(13)12(15)14(2)10-7-5-6-8-11(10)16-3/h5-9H,4,13H2,1-3H3. The van der Waals surface area contributed by atoms with E-state index in [-0.39, 0.29) is 5.91 Å². The Kier molecular flexibility index (Phi) is 4.31. The average molecular weight is 222 g/mol. The molecule has 0 saturated carbocycles. The van der Waals surface area contributed by atoms with Crippen molar-refractivity contribution in [3.63, 3.8) is 0 Å². The van der Waals surface area contributed by atoms with Crippen LogP contribution in [0.5, 0.6) is 5.75 Å². The van der Waals surface area contributed by atoms with Crippen LogP contribution in [0.4, 0.5) is 5.69 Å². The molecule has 0 aliphatic heterocycles. The predicted octanol–water partition coefficient (Wildman–Crippen LogP) is 1.40. The minimum atomic E-state index is -0.463. The number of para-hydroxylation sites is 2. The zero-order valence-corrected chi connectivity index (χ0v) is 9.93. The van der Waals surface area contributed by atoms with Gasteiger partial charge in [-0.2, -0.15) is 0 Å². The van der Waals surface area contributed by atoms with Crippen LogP contribution in [-0.2, 0) is 4.79 Å². The smallest absolute Gasteiger partial charge is 0.243 e. The molecule has 4 heteroatoms. The third-order valence-corrected chi connectivity index (χ3v) is 2.53. The highest BCUT2D eigenvalue weighted by molar-refractivity contribution is 5.97. The molecule has 0 spiro atoms. The molecular weight excluding hydrogens is 204 g/mol. The predicted molar refractivity (Wildman–Crippen MR) is 64.7 cm³/mol. The number of likely N-dealkylation sites (N-methyl/N-ethyl adjacent to an activating group) is 1. The highest BCUT2D eigenvalue weighted by Gasteiger charge is 2.19. The summed E-state index contributed by atoms with van der Waals surface area (Å²) in [7, 11) is 3.28. The van der Waals surface area contributed by atoms with Gasteiger partial charge < -0.3 is 15.4 Å². The van der Waals surface area contributed by atoms with E-state index in [2.05, 4.69) is 0 Å². The molecule has 0 heterocycles. The molecule has 0 bridgehead atoms. The second-order valence-corrected chi connectivity index (χ2v) is 3.58. The lowest BCUT2D eigenvalue weighted by atomic mass is 10.2. The van der Waals surface area contributed by atoms with Crippen LogP contribution < -0.4 is 15.4 Å². The van der Waals surface area contributed by atoms with Crippen LogP contribution >= 0.6 is 0 Å². The van der Waals surface area contributed by atoms with Crippen molar-refractivity contribution in [3.8, 4) is 5.75 Å². The summed E-state index contributed by atoms with van der Waals surface area (Å²) in [6.45, 7) is 1.89. The maximum atomic E-state index is 11.9. The lowest BCUT2D eigenvalue weighted by Gasteiger charge is -2.22. The number of benzene rings is 1. The molecule has 0 radical (unpaired) electrons. The summed E-state index contributed by atoms with van der Waals surface area (Å²) in [4.78, 5) is 13.4. The van der Waals surface area contributed by atoms with Gasteiger partial charge >= 0.3 is 0 Å². The quantitative estimate of drug-likeness (QED) is 0.837. The molecule has 1 atom stereocenters. The second kappa shape index (κ2) is 5.51. The van der Waals surface area contributed by atoms with Gasteiger partial charge in [0, 0.05) is 7.05 Å². The van der Waals surface area contributed by atoms with Gasteiger partial charge in [-0.25, -0.2) is 0 Å². The van der Waals surface area contributed by atoms with E-state index in [1.54, 1.807) is 14.2 Å². The Hall–Kier alpha value is -1.55. The summed E-state index contributed by atoms with van der Waals surface area (Å²) >= 11 is 0. The van der Waals surface area contributed by atoms with Gasteiger partial charge in [-0.1, -0.05) is 19.1 Å². The largest absolute Gasteiger partial charge is 0.495 e. The molecule has 4 nitrogen and oxygen atoms in total. The first-order valence-electron chi connectivity index (χ1n) is 5.28. The van der Waals surface area contributed by atoms with Gasteiger partial charge in [0.25, 0.3) is 0 Å². The lowest BCUT2D eigenvalue weighted by molar-refractivity contribution is -0.119. The van der Waals surface area contributed by atoms with E-state index in [9.17, 15) is 4.79 Å². The second-order valence-electron chi connectivity index (χ2n) is 3.58. The number of hydrogen-bond donors (Lipinski definition) is 1. The number of amides is 1. The molecule has 0 aliphatic carbocycles. The number of methoxy groups -OCH3 is 1. The van der Waals surface area contributed by atoms with E-state index < -0.39 is 6.04 Å². The normalized spacial score (nSPS) is 12.0. The highest BCUT2D eigenvalue weighted by atomic mass is 16.5. The summed E-state index contributed by atoms with van der Waals surface area (Å²) in [6, 6.07) is 6.91. The maximum Gasteiger partial charge on any atom is 0.243 e. The van der Waals surface area contributed by atoms with Gasteiger partial charge in [0.05, 0.1) is 18.8 Å². The fourth-order valence-corrected chi connectivity index (χ4v) is 1.45. The van der Waals surface area contributed by atoms with Gasteiger partial charge in [-0.05, 0) is 18.6 Å². The molecular formula is C12H18N2O2. The zero-order chi connectivity index (χ0) is 12.1. The molecule has 1 unspecified atom stereocenters. The van der Waals surface area contributed by atoms with Crippen molar-refractivity contribution in [1.82, 2.24) is 0 Å². The van der Waals surface area contributed by atoms with Crippen molar-refractivity contribution in [1.29, 1.82) is 0 Å². The van der Waals surface area contributed by atoms with Crippen LogP contribution in [0.3, 0.4) is 0 Å². The van der Waals surface area contributed by atoms with Crippen LogP contribution in [0, 0.1) is 0 Å². The van der Waals surface area contributed by atoms with Crippen molar-refractivity contribution >= 4 is 11.6 Å². The van der Waals surface area contributed by atoms with Crippen molar-refractivity contribution in [3.05, 3.63) is 24.3 Å². The molecule has 1 aromatic rings. The Labute approximate surface area is 96.0 Å². The Morgan fingerprint density at radius 1 is 1.50 bits per heavy atom. The molecule has 0 aliphatic rings. The lowest BCUT2D eigenvalue weighted by Crippen LogP contribution is -2.41. The number of nitrogens with two attached hydrogens (primary N) is 1. The van der Waals surface area contributed by atoms with E-state index in [0.717, 1.165) is 5.69 Å². The fraction of sp³-hybridized carbons (Fsp3) is 0.417. The van der Waals surface area contributed by atoms with E-state index in [4.69, 9.17) is 10.5 Å². The first-order valence-corrected chi connectivity index (χ1v) is 5.28. The van der Waals surface area contributed by atoms with E-state index in [0.29, 0.717) is 12.2 Å². The number of nitrogens with zero attached hydrogens (tertiary/aromatic N) is 1. The first kappa shape index (κ1) is 12.5. The SMILES string of the molecule is CCC(N)C(=O)N(C)c1ccccc1OC. The third-order valence-electron chi connectivity index (χ3n) is 2.53. The minimum Gasteiger partial charge on any atom is -0.495 e. The van der Waals surface area contributed by atoms with E-state index in [1.165, 1.54) is 4.90 Å². The molecule has 1 aromatic carbocycles. The number of carbonyl (C=O) groups is 1. The Balaban J connectivity index is 2.95. The van der Waals surface area contributed by atoms with E-state index >= 15 is 0 Å². The van der Waals surface area contributed by atoms with Gasteiger partial charge in [0.15, 0.2) is 0 Å². The van der Waals surface area contributed by atoms with Gasteiger partial charge in [0.2, 0.25) is 5.91 Å². The van der Waals surface area contributed by atoms with Crippen molar-refractivity contribution in [2.75, 3.05) is 19.1 Å². The van der Waals surface area contributed by atoms with Gasteiger partial charge in [-0.3, -0.25) is 4.79 Å². The molecule has 0 saturated heterocycles. The summed E-state index contributed by atoms with van der Waals surface area (Å²) in [5, 5.41) is 0. The number of carbonyl (C=O) groups excluding carboxylic acids is 1. The summed E-state index contributed by atoms with van der Waals surface area (Å²) in [6.07, 6.45) is 0.623. The third kappa shape index (κ3) is 2.52. The molecule has 1 rings (SSSR count). The maximum absolute atomic E-state index is 11.9. The van der Waals surface area contributed by atoms with Crippen LogP contribution in [0.15, 0.2) is 24.3 Å².